The number of aromatic nitrogens is 2. The number of Topliss-reactive ketones (excluding diaryl/α,β-unsaturated/α-hetero) is 1. The average molecular weight is 452 g/mol. The summed E-state index contributed by atoms with van der Waals surface area (Å²) in [7, 11) is 2.21. The first-order valence-corrected chi connectivity index (χ1v) is 12.2. The van der Waals surface area contributed by atoms with Gasteiger partial charge in [-0.3, -0.25) is 4.79 Å². The van der Waals surface area contributed by atoms with Crippen LogP contribution in [-0.2, 0) is 6.42 Å². The summed E-state index contributed by atoms with van der Waals surface area (Å²) in [5.74, 6) is 7.01. The molecule has 0 spiro atoms. The van der Waals surface area contributed by atoms with Gasteiger partial charge in [0.2, 0.25) is 0 Å². The van der Waals surface area contributed by atoms with Gasteiger partial charge in [0.15, 0.2) is 5.78 Å². The van der Waals surface area contributed by atoms with E-state index in [1.807, 2.05) is 32.0 Å². The van der Waals surface area contributed by atoms with Gasteiger partial charge in [0, 0.05) is 29.4 Å². The van der Waals surface area contributed by atoms with Crippen LogP contribution in [0.25, 0.3) is 0 Å². The first-order valence-electron chi connectivity index (χ1n) is 12.2. The van der Waals surface area contributed by atoms with Crippen LogP contribution in [-0.4, -0.2) is 40.8 Å². The Bertz CT molecular complexity index is 1170. The van der Waals surface area contributed by atoms with Crippen LogP contribution in [0.1, 0.15) is 70.3 Å². The number of carbonyl (C=O) groups excluding carboxylic acids is 1. The van der Waals surface area contributed by atoms with Crippen LogP contribution in [0.5, 0.6) is 0 Å². The number of hydrogen-bond donors (Lipinski definition) is 0. The van der Waals surface area contributed by atoms with E-state index in [0.29, 0.717) is 5.56 Å². The lowest BCUT2D eigenvalue weighted by Crippen LogP contribution is -2.30. The molecule has 0 radical (unpaired) electrons. The van der Waals surface area contributed by atoms with Crippen molar-refractivity contribution >= 4 is 5.78 Å². The molecule has 4 heteroatoms. The van der Waals surface area contributed by atoms with Crippen molar-refractivity contribution in [3.8, 4) is 11.8 Å². The number of piperidine rings is 1. The van der Waals surface area contributed by atoms with Gasteiger partial charge in [0.05, 0.1) is 5.56 Å². The van der Waals surface area contributed by atoms with Crippen molar-refractivity contribution in [3.05, 3.63) is 94.6 Å². The molecule has 1 fully saturated rings. The molecular formula is C30H33N3O. The Balaban J connectivity index is 1.40. The summed E-state index contributed by atoms with van der Waals surface area (Å²) in [6, 6.07) is 14.4. The van der Waals surface area contributed by atoms with E-state index in [-0.39, 0.29) is 11.7 Å². The van der Waals surface area contributed by atoms with Crippen LogP contribution in [0.4, 0.5) is 0 Å². The van der Waals surface area contributed by atoms with E-state index < -0.39 is 0 Å². The molecule has 0 bridgehead atoms. The predicted molar refractivity (Wildman–Crippen MR) is 137 cm³/mol. The van der Waals surface area contributed by atoms with Gasteiger partial charge < -0.3 is 4.90 Å². The zero-order chi connectivity index (χ0) is 23.9. The van der Waals surface area contributed by atoms with E-state index in [2.05, 4.69) is 58.0 Å². The third kappa shape index (κ3) is 6.18. The van der Waals surface area contributed by atoms with Gasteiger partial charge >= 0.3 is 0 Å². The van der Waals surface area contributed by atoms with Crippen molar-refractivity contribution < 1.29 is 4.79 Å². The molecule has 4 rings (SSSR count). The molecule has 34 heavy (non-hydrogen) atoms. The second kappa shape index (κ2) is 11.2. The van der Waals surface area contributed by atoms with Crippen molar-refractivity contribution in [2.45, 2.75) is 45.4 Å². The standard InChI is InChI=1S/C30H33N3O/c1-22-4-10-29(18-28(22)13-9-26-19-31-21-32-20-26)30(34)23(2)27-11-7-24(8-12-27)5-6-25-14-16-33(3)17-15-25/h4,7-8,10-12,18-21,23,25H,5-6,14-17H2,1-3H3/t23-/m1/s1. The number of nitrogens with zero attached hydrogens (tertiary/aromatic N) is 3. The highest BCUT2D eigenvalue weighted by molar-refractivity contribution is 6.01. The maximum atomic E-state index is 13.3. The molecule has 1 aliphatic rings. The Labute approximate surface area is 203 Å². The average Bonchev–Trinajstić information content (AvgIpc) is 2.88. The fraction of sp³-hybridized carbons (Fsp3) is 0.367. The number of rotatable bonds is 6. The molecule has 1 aromatic heterocycles. The maximum absolute atomic E-state index is 13.3. The fourth-order valence-electron chi connectivity index (χ4n) is 4.51. The number of carbonyl (C=O) groups is 1. The van der Waals surface area contributed by atoms with Gasteiger partial charge in [-0.15, -0.1) is 0 Å². The smallest absolute Gasteiger partial charge is 0.170 e. The summed E-state index contributed by atoms with van der Waals surface area (Å²) in [6.07, 6.45) is 9.84. The Hall–Kier alpha value is -3.29. The Morgan fingerprint density at radius 1 is 1.06 bits per heavy atom. The fourth-order valence-corrected chi connectivity index (χ4v) is 4.51. The van der Waals surface area contributed by atoms with E-state index in [9.17, 15) is 4.79 Å². The summed E-state index contributed by atoms with van der Waals surface area (Å²) >= 11 is 0. The number of likely N-dealkylation sites (tertiary alicyclic amines) is 1. The zero-order valence-corrected chi connectivity index (χ0v) is 20.4. The molecular weight excluding hydrogens is 418 g/mol. The molecule has 2 aromatic carbocycles. The van der Waals surface area contributed by atoms with E-state index in [1.165, 1.54) is 44.2 Å². The second-order valence-corrected chi connectivity index (χ2v) is 9.52. The van der Waals surface area contributed by atoms with Crippen LogP contribution < -0.4 is 0 Å². The van der Waals surface area contributed by atoms with Crippen LogP contribution in [0.15, 0.2) is 61.2 Å². The molecule has 174 valence electrons. The summed E-state index contributed by atoms with van der Waals surface area (Å²) in [5.41, 5.74) is 5.76. The number of benzene rings is 2. The van der Waals surface area contributed by atoms with E-state index >= 15 is 0 Å². The Morgan fingerprint density at radius 3 is 2.47 bits per heavy atom. The molecule has 0 unspecified atom stereocenters. The Morgan fingerprint density at radius 2 is 1.76 bits per heavy atom. The number of ketones is 1. The molecule has 1 atom stereocenters. The van der Waals surface area contributed by atoms with E-state index in [0.717, 1.165) is 34.6 Å². The van der Waals surface area contributed by atoms with Crippen molar-refractivity contribution in [1.29, 1.82) is 0 Å². The molecule has 0 aliphatic carbocycles. The first kappa shape index (κ1) is 23.9. The summed E-state index contributed by atoms with van der Waals surface area (Å²) in [6.45, 7) is 6.43. The third-order valence-corrected chi connectivity index (χ3v) is 6.98. The Kier molecular flexibility index (Phi) is 7.87. The number of aryl methyl sites for hydroxylation is 2. The van der Waals surface area contributed by atoms with Gasteiger partial charge in [-0.25, -0.2) is 9.97 Å². The molecule has 3 aromatic rings. The lowest BCUT2D eigenvalue weighted by Gasteiger charge is -2.28. The lowest BCUT2D eigenvalue weighted by molar-refractivity contribution is 0.0966. The minimum Gasteiger partial charge on any atom is -0.306 e. The van der Waals surface area contributed by atoms with Gasteiger partial charge in [-0.05, 0) is 81.4 Å². The molecule has 0 N–H and O–H groups in total. The second-order valence-electron chi connectivity index (χ2n) is 9.52. The van der Waals surface area contributed by atoms with Crippen LogP contribution in [0.2, 0.25) is 0 Å². The highest BCUT2D eigenvalue weighted by Gasteiger charge is 2.19. The van der Waals surface area contributed by atoms with E-state index in [1.54, 1.807) is 12.4 Å². The molecule has 0 saturated carbocycles. The van der Waals surface area contributed by atoms with E-state index in [4.69, 9.17) is 0 Å². The predicted octanol–water partition coefficient (Wildman–Crippen LogP) is 5.45. The molecule has 0 amide bonds. The molecule has 2 heterocycles. The van der Waals surface area contributed by atoms with Gasteiger partial charge in [0.25, 0.3) is 0 Å². The summed E-state index contributed by atoms with van der Waals surface area (Å²) < 4.78 is 0. The first-order chi connectivity index (χ1) is 16.5. The van der Waals surface area contributed by atoms with Crippen molar-refractivity contribution in [1.82, 2.24) is 14.9 Å². The summed E-state index contributed by atoms with van der Waals surface area (Å²) in [5, 5.41) is 0. The molecule has 4 nitrogen and oxygen atoms in total. The van der Waals surface area contributed by atoms with Gasteiger partial charge in [-0.2, -0.15) is 0 Å². The monoisotopic (exact) mass is 451 g/mol. The minimum absolute atomic E-state index is 0.116. The maximum Gasteiger partial charge on any atom is 0.170 e. The molecule has 1 saturated heterocycles. The quantitative estimate of drug-likeness (QED) is 0.370. The minimum atomic E-state index is -0.200. The van der Waals surface area contributed by atoms with Crippen molar-refractivity contribution in [3.63, 3.8) is 0 Å². The van der Waals surface area contributed by atoms with Crippen LogP contribution in [0.3, 0.4) is 0 Å². The van der Waals surface area contributed by atoms with Crippen LogP contribution >= 0.6 is 0 Å². The van der Waals surface area contributed by atoms with Crippen LogP contribution in [0, 0.1) is 24.7 Å². The summed E-state index contributed by atoms with van der Waals surface area (Å²) in [4.78, 5) is 23.7. The highest BCUT2D eigenvalue weighted by atomic mass is 16.1. The highest BCUT2D eigenvalue weighted by Crippen LogP contribution is 2.25. The number of hydrogen-bond acceptors (Lipinski definition) is 4. The van der Waals surface area contributed by atoms with Gasteiger partial charge in [-0.1, -0.05) is 55.2 Å². The molecule has 1 aliphatic heterocycles. The normalized spacial score (nSPS) is 15.4. The lowest BCUT2D eigenvalue weighted by atomic mass is 9.88. The third-order valence-electron chi connectivity index (χ3n) is 6.98. The SMILES string of the molecule is Cc1ccc(C(=O)[C@H](C)c2ccc(CCC3CCN(C)CC3)cc2)cc1C#Cc1cncnc1. The zero-order valence-electron chi connectivity index (χ0n) is 20.4. The largest absolute Gasteiger partial charge is 0.306 e. The topological polar surface area (TPSA) is 46.1 Å². The van der Waals surface area contributed by atoms with Crippen molar-refractivity contribution in [2.24, 2.45) is 5.92 Å². The van der Waals surface area contributed by atoms with Crippen molar-refractivity contribution in [2.75, 3.05) is 20.1 Å². The van der Waals surface area contributed by atoms with Gasteiger partial charge in [0.1, 0.15) is 6.33 Å².